The first-order chi connectivity index (χ1) is 7.22. The van der Waals surface area contributed by atoms with Crippen LogP contribution in [-0.2, 0) is 11.3 Å². The van der Waals surface area contributed by atoms with E-state index >= 15 is 0 Å². The summed E-state index contributed by atoms with van der Waals surface area (Å²) in [5.41, 5.74) is 2.41. The number of rotatable bonds is 6. The van der Waals surface area contributed by atoms with E-state index in [0.29, 0.717) is 6.61 Å². The van der Waals surface area contributed by atoms with Crippen molar-refractivity contribution in [1.29, 1.82) is 0 Å². The Morgan fingerprint density at radius 1 is 1.20 bits per heavy atom. The molecule has 0 spiro atoms. The molecule has 0 aliphatic rings. The summed E-state index contributed by atoms with van der Waals surface area (Å²) >= 11 is 0. The summed E-state index contributed by atoms with van der Waals surface area (Å²) in [5, 5.41) is 3.40. The number of hydrogen-bond donors (Lipinski definition) is 1. The zero-order chi connectivity index (χ0) is 11.1. The van der Waals surface area contributed by atoms with Gasteiger partial charge < -0.3 is 10.1 Å². The fourth-order valence-corrected chi connectivity index (χ4v) is 1.39. The lowest BCUT2D eigenvalue weighted by atomic mass is 10.1. The van der Waals surface area contributed by atoms with Crippen LogP contribution in [0.1, 0.15) is 25.8 Å². The highest BCUT2D eigenvalue weighted by atomic mass is 16.5. The van der Waals surface area contributed by atoms with Gasteiger partial charge in [-0.05, 0) is 30.0 Å². The van der Waals surface area contributed by atoms with Crippen LogP contribution in [0.25, 0.3) is 0 Å². The molecule has 0 aromatic heterocycles. The largest absolute Gasteiger partial charge is 0.385 e. The van der Waals surface area contributed by atoms with E-state index in [1.165, 1.54) is 17.7 Å². The van der Waals surface area contributed by atoms with Crippen molar-refractivity contribution >= 4 is 5.69 Å². The number of anilines is 1. The van der Waals surface area contributed by atoms with Crippen LogP contribution in [0.3, 0.4) is 0 Å². The normalized spacial score (nSPS) is 10.7. The SMILES string of the molecule is COCc1ccc(NCCC(C)C)cc1. The van der Waals surface area contributed by atoms with Crippen LogP contribution in [0.4, 0.5) is 5.69 Å². The van der Waals surface area contributed by atoms with Crippen molar-refractivity contribution < 1.29 is 4.74 Å². The van der Waals surface area contributed by atoms with Gasteiger partial charge in [-0.1, -0.05) is 26.0 Å². The molecular weight excluding hydrogens is 186 g/mol. The van der Waals surface area contributed by atoms with Crippen molar-refractivity contribution in [2.24, 2.45) is 5.92 Å². The predicted molar refractivity (Wildman–Crippen MR) is 65.1 cm³/mol. The van der Waals surface area contributed by atoms with Gasteiger partial charge >= 0.3 is 0 Å². The Morgan fingerprint density at radius 3 is 2.40 bits per heavy atom. The molecule has 84 valence electrons. The topological polar surface area (TPSA) is 21.3 Å². The first kappa shape index (κ1) is 12.1. The van der Waals surface area contributed by atoms with E-state index < -0.39 is 0 Å². The maximum absolute atomic E-state index is 5.06. The fraction of sp³-hybridized carbons (Fsp3) is 0.538. The third kappa shape index (κ3) is 4.84. The van der Waals surface area contributed by atoms with Gasteiger partial charge in [-0.3, -0.25) is 0 Å². The van der Waals surface area contributed by atoms with E-state index in [2.05, 4.69) is 43.4 Å². The highest BCUT2D eigenvalue weighted by Crippen LogP contribution is 2.10. The maximum atomic E-state index is 5.06. The van der Waals surface area contributed by atoms with E-state index in [4.69, 9.17) is 4.74 Å². The first-order valence-electron chi connectivity index (χ1n) is 5.54. The number of methoxy groups -OCH3 is 1. The molecule has 0 saturated heterocycles. The molecule has 15 heavy (non-hydrogen) atoms. The second kappa shape index (κ2) is 6.46. The van der Waals surface area contributed by atoms with Crippen molar-refractivity contribution in [3.8, 4) is 0 Å². The Labute approximate surface area is 92.6 Å². The highest BCUT2D eigenvalue weighted by molar-refractivity contribution is 5.44. The third-order valence-electron chi connectivity index (χ3n) is 2.32. The van der Waals surface area contributed by atoms with Crippen LogP contribution in [0.15, 0.2) is 24.3 Å². The summed E-state index contributed by atoms with van der Waals surface area (Å²) in [6, 6.07) is 8.41. The van der Waals surface area contributed by atoms with E-state index in [1.54, 1.807) is 7.11 Å². The molecule has 1 rings (SSSR count). The smallest absolute Gasteiger partial charge is 0.0713 e. The minimum atomic E-state index is 0.687. The lowest BCUT2D eigenvalue weighted by Crippen LogP contribution is -2.04. The molecule has 1 N–H and O–H groups in total. The van der Waals surface area contributed by atoms with Crippen LogP contribution in [-0.4, -0.2) is 13.7 Å². The lowest BCUT2D eigenvalue weighted by Gasteiger charge is -2.08. The number of nitrogens with one attached hydrogen (secondary N) is 1. The maximum Gasteiger partial charge on any atom is 0.0713 e. The Morgan fingerprint density at radius 2 is 1.87 bits per heavy atom. The Hall–Kier alpha value is -1.02. The second-order valence-corrected chi connectivity index (χ2v) is 4.24. The van der Waals surface area contributed by atoms with Crippen LogP contribution < -0.4 is 5.32 Å². The summed E-state index contributed by atoms with van der Waals surface area (Å²) in [5.74, 6) is 0.755. The molecule has 0 fully saturated rings. The highest BCUT2D eigenvalue weighted by Gasteiger charge is 1.95. The minimum absolute atomic E-state index is 0.687. The average molecular weight is 207 g/mol. The van der Waals surface area contributed by atoms with Gasteiger partial charge in [0.05, 0.1) is 6.61 Å². The van der Waals surface area contributed by atoms with Gasteiger partial charge in [0.1, 0.15) is 0 Å². The van der Waals surface area contributed by atoms with Gasteiger partial charge in [0, 0.05) is 19.3 Å². The molecule has 0 radical (unpaired) electrons. The Balaban J connectivity index is 2.36. The summed E-state index contributed by atoms with van der Waals surface area (Å²) in [6.07, 6.45) is 1.21. The third-order valence-corrected chi connectivity index (χ3v) is 2.32. The van der Waals surface area contributed by atoms with Crippen molar-refractivity contribution in [2.45, 2.75) is 26.9 Å². The first-order valence-corrected chi connectivity index (χ1v) is 5.54. The van der Waals surface area contributed by atoms with Gasteiger partial charge in [-0.15, -0.1) is 0 Å². The molecule has 1 aromatic carbocycles. The van der Waals surface area contributed by atoms with Crippen LogP contribution in [0.5, 0.6) is 0 Å². The van der Waals surface area contributed by atoms with E-state index in [-0.39, 0.29) is 0 Å². The van der Waals surface area contributed by atoms with E-state index in [0.717, 1.165) is 12.5 Å². The second-order valence-electron chi connectivity index (χ2n) is 4.24. The predicted octanol–water partition coefficient (Wildman–Crippen LogP) is 3.29. The number of hydrogen-bond acceptors (Lipinski definition) is 2. The van der Waals surface area contributed by atoms with Crippen molar-refractivity contribution in [3.05, 3.63) is 29.8 Å². The molecule has 0 unspecified atom stereocenters. The van der Waals surface area contributed by atoms with E-state index in [9.17, 15) is 0 Å². The lowest BCUT2D eigenvalue weighted by molar-refractivity contribution is 0.185. The van der Waals surface area contributed by atoms with Crippen molar-refractivity contribution in [2.75, 3.05) is 19.0 Å². The minimum Gasteiger partial charge on any atom is -0.385 e. The molecule has 0 bridgehead atoms. The van der Waals surface area contributed by atoms with Crippen molar-refractivity contribution in [3.63, 3.8) is 0 Å². The van der Waals surface area contributed by atoms with Crippen molar-refractivity contribution in [1.82, 2.24) is 0 Å². The summed E-state index contributed by atoms with van der Waals surface area (Å²) < 4.78 is 5.06. The molecule has 0 aliphatic heterocycles. The molecule has 0 aliphatic carbocycles. The van der Waals surface area contributed by atoms with Gasteiger partial charge in [0.15, 0.2) is 0 Å². The van der Waals surface area contributed by atoms with Gasteiger partial charge in [-0.2, -0.15) is 0 Å². The molecule has 0 atom stereocenters. The zero-order valence-corrected chi connectivity index (χ0v) is 9.92. The Kier molecular flexibility index (Phi) is 5.19. The molecule has 0 heterocycles. The molecular formula is C13H21NO. The van der Waals surface area contributed by atoms with Crippen LogP contribution in [0.2, 0.25) is 0 Å². The summed E-state index contributed by atoms with van der Waals surface area (Å²) in [7, 11) is 1.72. The standard InChI is InChI=1S/C13H21NO/c1-11(2)8-9-14-13-6-4-12(5-7-13)10-15-3/h4-7,11,14H,8-10H2,1-3H3. The zero-order valence-electron chi connectivity index (χ0n) is 9.92. The van der Waals surface area contributed by atoms with Gasteiger partial charge in [0.2, 0.25) is 0 Å². The number of ether oxygens (including phenoxy) is 1. The molecule has 1 aromatic rings. The summed E-state index contributed by atoms with van der Waals surface area (Å²) in [4.78, 5) is 0. The van der Waals surface area contributed by atoms with Crippen LogP contribution >= 0.6 is 0 Å². The average Bonchev–Trinajstić information content (AvgIpc) is 2.20. The molecule has 0 amide bonds. The molecule has 0 saturated carbocycles. The Bertz CT molecular complexity index is 266. The molecule has 2 nitrogen and oxygen atoms in total. The van der Waals surface area contributed by atoms with Crippen LogP contribution in [0, 0.1) is 5.92 Å². The number of benzene rings is 1. The quantitative estimate of drug-likeness (QED) is 0.773. The van der Waals surface area contributed by atoms with E-state index in [1.807, 2.05) is 0 Å². The monoisotopic (exact) mass is 207 g/mol. The summed E-state index contributed by atoms with van der Waals surface area (Å²) in [6.45, 7) is 6.21. The van der Waals surface area contributed by atoms with Gasteiger partial charge in [-0.25, -0.2) is 0 Å². The molecule has 2 heteroatoms. The van der Waals surface area contributed by atoms with Gasteiger partial charge in [0.25, 0.3) is 0 Å². The fourth-order valence-electron chi connectivity index (χ4n) is 1.39.